The quantitative estimate of drug-likeness (QED) is 0.208. The number of rotatable bonds is 9. The van der Waals surface area contributed by atoms with Crippen LogP contribution in [0.15, 0.2) is 66.7 Å². The van der Waals surface area contributed by atoms with E-state index in [1.54, 1.807) is 13.0 Å². The number of tetrazole rings is 1. The summed E-state index contributed by atoms with van der Waals surface area (Å²) in [6.07, 6.45) is 2.49. The molecule has 0 N–H and O–H groups in total. The Morgan fingerprint density at radius 2 is 1.66 bits per heavy atom. The van der Waals surface area contributed by atoms with Gasteiger partial charge in [0.1, 0.15) is 0 Å². The van der Waals surface area contributed by atoms with Gasteiger partial charge in [-0.05, 0) is 60.9 Å². The van der Waals surface area contributed by atoms with Gasteiger partial charge in [0.15, 0.2) is 18.1 Å². The van der Waals surface area contributed by atoms with Gasteiger partial charge in [0, 0.05) is 23.5 Å². The summed E-state index contributed by atoms with van der Waals surface area (Å²) in [5, 5.41) is 11.4. The zero-order valence-corrected chi connectivity index (χ0v) is 20.0. The molecule has 4 aromatic rings. The lowest BCUT2D eigenvalue weighted by Gasteiger charge is -2.11. The third kappa shape index (κ3) is 5.60. The predicted molar refractivity (Wildman–Crippen MR) is 133 cm³/mol. The van der Waals surface area contributed by atoms with E-state index >= 15 is 0 Å². The SMILES string of the molecule is Cc1nnnn1/C(=C\c1ccccc1)C(=O)OCC(=O)c1cc(C)n(CCc2ccccc2)c1C. The Labute approximate surface area is 203 Å². The molecular formula is C27H27N5O3. The first-order valence-electron chi connectivity index (χ1n) is 11.4. The van der Waals surface area contributed by atoms with Gasteiger partial charge in [-0.1, -0.05) is 60.7 Å². The van der Waals surface area contributed by atoms with Crippen molar-refractivity contribution < 1.29 is 14.3 Å². The monoisotopic (exact) mass is 469 g/mol. The molecule has 0 aliphatic carbocycles. The summed E-state index contributed by atoms with van der Waals surface area (Å²) in [5.41, 5.74) is 4.54. The van der Waals surface area contributed by atoms with Crippen LogP contribution in [0.4, 0.5) is 0 Å². The van der Waals surface area contributed by atoms with Crippen LogP contribution < -0.4 is 0 Å². The van der Waals surface area contributed by atoms with E-state index in [4.69, 9.17) is 4.74 Å². The Kier molecular flexibility index (Phi) is 7.30. The van der Waals surface area contributed by atoms with E-state index in [0.29, 0.717) is 11.4 Å². The van der Waals surface area contributed by atoms with Gasteiger partial charge in [0.25, 0.3) is 0 Å². The summed E-state index contributed by atoms with van der Waals surface area (Å²) in [4.78, 5) is 26.0. The number of hydrogen-bond acceptors (Lipinski definition) is 6. The molecule has 0 aliphatic heterocycles. The van der Waals surface area contributed by atoms with E-state index < -0.39 is 5.97 Å². The summed E-state index contributed by atoms with van der Waals surface area (Å²) < 4.78 is 8.84. The van der Waals surface area contributed by atoms with Crippen molar-refractivity contribution in [2.75, 3.05) is 6.61 Å². The fraction of sp³-hybridized carbons (Fsp3) is 0.222. The molecule has 8 heteroatoms. The minimum Gasteiger partial charge on any atom is -0.453 e. The van der Waals surface area contributed by atoms with Gasteiger partial charge in [-0.15, -0.1) is 5.10 Å². The summed E-state index contributed by atoms with van der Waals surface area (Å²) >= 11 is 0. The molecule has 0 amide bonds. The molecule has 0 unspecified atom stereocenters. The molecule has 2 heterocycles. The predicted octanol–water partition coefficient (Wildman–Crippen LogP) is 4.07. The first-order chi connectivity index (χ1) is 16.9. The average molecular weight is 470 g/mol. The van der Waals surface area contributed by atoms with Crippen LogP contribution in [0.5, 0.6) is 0 Å². The van der Waals surface area contributed by atoms with Crippen LogP contribution in [0.1, 0.15) is 38.7 Å². The van der Waals surface area contributed by atoms with Crippen LogP contribution in [0, 0.1) is 20.8 Å². The third-order valence-electron chi connectivity index (χ3n) is 5.84. The van der Waals surface area contributed by atoms with Crippen LogP contribution in [-0.2, 0) is 22.5 Å². The molecule has 0 bridgehead atoms. The summed E-state index contributed by atoms with van der Waals surface area (Å²) in [6.45, 7) is 5.95. The molecule has 0 atom stereocenters. The van der Waals surface area contributed by atoms with E-state index in [0.717, 1.165) is 29.9 Å². The van der Waals surface area contributed by atoms with Crippen LogP contribution >= 0.6 is 0 Å². The Hall–Kier alpha value is -4.33. The topological polar surface area (TPSA) is 91.9 Å². The molecule has 4 rings (SSSR count). The second-order valence-corrected chi connectivity index (χ2v) is 8.25. The standard InChI is InChI=1S/C27H27N5O3/c1-19-16-24(20(2)31(19)15-14-22-10-6-4-7-11-22)26(33)18-35-27(34)25(32-21(3)28-29-30-32)17-23-12-8-5-9-13-23/h4-13,16-17H,14-15,18H2,1-3H3/b25-17-. The van der Waals surface area contributed by atoms with Crippen LogP contribution in [0.3, 0.4) is 0 Å². The molecule has 0 saturated carbocycles. The number of Topliss-reactive ketones (excluding diaryl/α,β-unsaturated/α-hetero) is 1. The van der Waals surface area contributed by atoms with E-state index in [1.165, 1.54) is 10.2 Å². The normalized spacial score (nSPS) is 11.5. The maximum absolute atomic E-state index is 13.0. The maximum Gasteiger partial charge on any atom is 0.357 e. The van der Waals surface area contributed by atoms with Gasteiger partial charge >= 0.3 is 5.97 Å². The molecule has 0 radical (unpaired) electrons. The molecule has 8 nitrogen and oxygen atoms in total. The van der Waals surface area contributed by atoms with Crippen LogP contribution in [0.25, 0.3) is 11.8 Å². The lowest BCUT2D eigenvalue weighted by molar-refractivity contribution is -0.136. The second-order valence-electron chi connectivity index (χ2n) is 8.25. The van der Waals surface area contributed by atoms with Gasteiger partial charge in [-0.2, -0.15) is 4.68 Å². The number of aromatic nitrogens is 5. The molecule has 0 spiro atoms. The van der Waals surface area contributed by atoms with Crippen molar-refractivity contribution in [2.45, 2.75) is 33.7 Å². The number of hydrogen-bond donors (Lipinski definition) is 0. The number of carbonyl (C=O) groups excluding carboxylic acids is 2. The van der Waals surface area contributed by atoms with Gasteiger partial charge < -0.3 is 9.30 Å². The summed E-state index contributed by atoms with van der Waals surface area (Å²) in [6, 6.07) is 21.4. The Morgan fingerprint density at radius 3 is 2.31 bits per heavy atom. The van der Waals surface area contributed by atoms with E-state index in [9.17, 15) is 9.59 Å². The summed E-state index contributed by atoms with van der Waals surface area (Å²) in [7, 11) is 0. The highest BCUT2D eigenvalue weighted by atomic mass is 16.5. The molecule has 178 valence electrons. The Bertz CT molecular complexity index is 1350. The Balaban J connectivity index is 1.47. The molecule has 35 heavy (non-hydrogen) atoms. The number of nitrogens with zero attached hydrogens (tertiary/aromatic N) is 5. The molecule has 0 fully saturated rings. The lowest BCUT2D eigenvalue weighted by Crippen LogP contribution is -2.19. The highest BCUT2D eigenvalue weighted by molar-refractivity contribution is 6.16. The zero-order chi connectivity index (χ0) is 24.8. The molecule has 2 aromatic carbocycles. The van der Waals surface area contributed by atoms with Crippen molar-refractivity contribution in [1.82, 2.24) is 24.8 Å². The number of carbonyl (C=O) groups is 2. The van der Waals surface area contributed by atoms with E-state index in [1.807, 2.05) is 68.4 Å². The van der Waals surface area contributed by atoms with Crippen molar-refractivity contribution in [3.8, 4) is 0 Å². The number of ether oxygens (including phenoxy) is 1. The highest BCUT2D eigenvalue weighted by Crippen LogP contribution is 2.18. The molecular weight excluding hydrogens is 442 g/mol. The first kappa shape index (κ1) is 23.8. The average Bonchev–Trinajstić information content (AvgIpc) is 3.42. The zero-order valence-electron chi connectivity index (χ0n) is 20.0. The molecule has 0 saturated heterocycles. The fourth-order valence-electron chi connectivity index (χ4n) is 3.96. The minimum atomic E-state index is -0.685. The smallest absolute Gasteiger partial charge is 0.357 e. The molecule has 2 aromatic heterocycles. The number of esters is 1. The van der Waals surface area contributed by atoms with Crippen molar-refractivity contribution >= 4 is 23.5 Å². The van der Waals surface area contributed by atoms with Crippen molar-refractivity contribution in [1.29, 1.82) is 0 Å². The lowest BCUT2D eigenvalue weighted by atomic mass is 10.1. The first-order valence-corrected chi connectivity index (χ1v) is 11.4. The van der Waals surface area contributed by atoms with Gasteiger partial charge in [0.2, 0.25) is 5.78 Å². The maximum atomic E-state index is 13.0. The molecule has 0 aliphatic rings. The van der Waals surface area contributed by atoms with Crippen LogP contribution in [0.2, 0.25) is 0 Å². The van der Waals surface area contributed by atoms with Crippen LogP contribution in [-0.4, -0.2) is 43.1 Å². The largest absolute Gasteiger partial charge is 0.453 e. The number of aryl methyl sites for hydroxylation is 3. The third-order valence-corrected chi connectivity index (χ3v) is 5.84. The Morgan fingerprint density at radius 1 is 0.971 bits per heavy atom. The number of ketones is 1. The van der Waals surface area contributed by atoms with Crippen molar-refractivity contribution in [3.63, 3.8) is 0 Å². The summed E-state index contributed by atoms with van der Waals surface area (Å²) in [5.74, 6) is -0.516. The van der Waals surface area contributed by atoms with Gasteiger partial charge in [0.05, 0.1) is 0 Å². The van der Waals surface area contributed by atoms with E-state index in [2.05, 4.69) is 32.2 Å². The fourth-order valence-corrected chi connectivity index (χ4v) is 3.96. The van der Waals surface area contributed by atoms with Crippen molar-refractivity contribution in [3.05, 3.63) is 101 Å². The van der Waals surface area contributed by atoms with E-state index in [-0.39, 0.29) is 18.1 Å². The number of benzene rings is 2. The van der Waals surface area contributed by atoms with Crippen molar-refractivity contribution in [2.24, 2.45) is 0 Å². The van der Waals surface area contributed by atoms with Gasteiger partial charge in [-0.25, -0.2) is 4.79 Å². The highest BCUT2D eigenvalue weighted by Gasteiger charge is 2.21. The minimum absolute atomic E-state index is 0.125. The van der Waals surface area contributed by atoms with Gasteiger partial charge in [-0.3, -0.25) is 4.79 Å². The second kappa shape index (κ2) is 10.7.